The predicted octanol–water partition coefficient (Wildman–Crippen LogP) is 7.30. The lowest BCUT2D eigenvalue weighted by Crippen LogP contribution is -2.48. The maximum Gasteiger partial charge on any atom is 0.408 e. The molecule has 54 heavy (non-hydrogen) atoms. The van der Waals surface area contributed by atoms with Crippen molar-refractivity contribution in [2.24, 2.45) is 5.92 Å². The second-order valence-corrected chi connectivity index (χ2v) is 23.1. The van der Waals surface area contributed by atoms with Crippen LogP contribution in [-0.2, 0) is 39.9 Å². The van der Waals surface area contributed by atoms with E-state index in [9.17, 15) is 28.8 Å². The maximum absolute atomic E-state index is 13.4. The molecule has 1 rings (SSSR count). The molecule has 13 nitrogen and oxygen atoms in total. The van der Waals surface area contributed by atoms with Crippen molar-refractivity contribution in [1.29, 1.82) is 0 Å². The van der Waals surface area contributed by atoms with Crippen LogP contribution in [0, 0.1) is 5.92 Å². The lowest BCUT2D eigenvalue weighted by Gasteiger charge is -2.24. The zero-order valence-electron chi connectivity index (χ0n) is 33.6. The molecular formula is C38H62N4O9S2Si. The van der Waals surface area contributed by atoms with Crippen molar-refractivity contribution in [3.8, 4) is 0 Å². The number of nitrogens with one attached hydrogen (secondary N) is 3. The summed E-state index contributed by atoms with van der Waals surface area (Å²) in [6, 6.07) is -0.347. The SMILES string of the molecule is C=C(NC(=O)c1csc(CNC(=O)OC(C)(C)C)n1)C(=O)N[C@H](C(=O)O[C@H](C=CCCSC(=O)CCCCCCC)CC(=O)OCC[Si](C)(C)C)C(C)C. The van der Waals surface area contributed by atoms with Gasteiger partial charge in [-0.2, -0.15) is 0 Å². The number of ether oxygens (including phenoxy) is 3. The number of amides is 3. The van der Waals surface area contributed by atoms with E-state index in [0.717, 1.165) is 43.1 Å². The molecule has 0 aliphatic carbocycles. The van der Waals surface area contributed by atoms with Gasteiger partial charge in [0.25, 0.3) is 11.8 Å². The summed E-state index contributed by atoms with van der Waals surface area (Å²) in [6.07, 6.45) is 8.03. The van der Waals surface area contributed by atoms with Gasteiger partial charge in [-0.05, 0) is 51.7 Å². The number of aromatic nitrogens is 1. The minimum Gasteiger partial charge on any atom is -0.466 e. The summed E-state index contributed by atoms with van der Waals surface area (Å²) in [6.45, 7) is 21.3. The Hall–Kier alpha value is -3.50. The van der Waals surface area contributed by atoms with E-state index < -0.39 is 61.6 Å². The molecule has 1 heterocycles. The average Bonchev–Trinajstić information content (AvgIpc) is 3.53. The molecule has 1 aromatic rings. The van der Waals surface area contributed by atoms with E-state index in [-0.39, 0.29) is 36.1 Å². The first-order chi connectivity index (χ1) is 25.2. The van der Waals surface area contributed by atoms with Crippen LogP contribution in [0.3, 0.4) is 0 Å². The van der Waals surface area contributed by atoms with Crippen molar-refractivity contribution in [3.63, 3.8) is 0 Å². The topological polar surface area (TPSA) is 179 Å². The van der Waals surface area contributed by atoms with Crippen molar-refractivity contribution in [3.05, 3.63) is 40.5 Å². The Morgan fingerprint density at radius 3 is 2.37 bits per heavy atom. The summed E-state index contributed by atoms with van der Waals surface area (Å²) >= 11 is 2.40. The van der Waals surface area contributed by atoms with E-state index >= 15 is 0 Å². The number of thioether (sulfide) groups is 1. The first-order valence-electron chi connectivity index (χ1n) is 18.6. The summed E-state index contributed by atoms with van der Waals surface area (Å²) < 4.78 is 16.4. The third-order valence-corrected chi connectivity index (χ3v) is 11.0. The van der Waals surface area contributed by atoms with Gasteiger partial charge >= 0.3 is 18.0 Å². The minimum absolute atomic E-state index is 0.00583. The molecule has 2 atom stereocenters. The molecule has 0 fully saturated rings. The fourth-order valence-electron chi connectivity index (χ4n) is 4.44. The molecule has 0 spiro atoms. The van der Waals surface area contributed by atoms with Crippen LogP contribution >= 0.6 is 23.1 Å². The van der Waals surface area contributed by atoms with Crippen LogP contribution in [0.15, 0.2) is 29.8 Å². The molecule has 0 bridgehead atoms. The molecular weight excluding hydrogens is 749 g/mol. The highest BCUT2D eigenvalue weighted by atomic mass is 32.2. The van der Waals surface area contributed by atoms with Gasteiger partial charge < -0.3 is 30.2 Å². The zero-order valence-corrected chi connectivity index (χ0v) is 36.2. The molecule has 1 aromatic heterocycles. The van der Waals surface area contributed by atoms with Gasteiger partial charge in [0.1, 0.15) is 28.4 Å². The highest BCUT2D eigenvalue weighted by Gasteiger charge is 2.30. The largest absolute Gasteiger partial charge is 0.466 e. The molecule has 3 amide bonds. The number of carbonyl (C=O) groups is 6. The molecule has 0 unspecified atom stereocenters. The summed E-state index contributed by atoms with van der Waals surface area (Å²) in [7, 11) is -1.44. The number of alkyl carbamates (subject to hydrolysis) is 1. The number of allylic oxidation sites excluding steroid dienone is 1. The van der Waals surface area contributed by atoms with E-state index in [1.807, 2.05) is 0 Å². The highest BCUT2D eigenvalue weighted by molar-refractivity contribution is 8.13. The molecule has 0 aliphatic rings. The van der Waals surface area contributed by atoms with Gasteiger partial charge in [0.2, 0.25) is 0 Å². The Bertz CT molecular complexity index is 1430. The van der Waals surface area contributed by atoms with E-state index in [4.69, 9.17) is 14.2 Å². The lowest BCUT2D eigenvalue weighted by atomic mass is 10.0. The number of rotatable bonds is 24. The van der Waals surface area contributed by atoms with Crippen LogP contribution in [0.1, 0.15) is 108 Å². The quantitative estimate of drug-likeness (QED) is 0.0238. The summed E-state index contributed by atoms with van der Waals surface area (Å²) in [5, 5.41) is 9.58. The number of carbonyl (C=O) groups excluding carboxylic acids is 6. The summed E-state index contributed by atoms with van der Waals surface area (Å²) in [5.74, 6) is -2.70. The third-order valence-electron chi connectivity index (χ3n) is 7.45. The molecule has 0 saturated carbocycles. The van der Waals surface area contributed by atoms with E-state index in [1.165, 1.54) is 23.6 Å². The molecule has 0 aliphatic heterocycles. The van der Waals surface area contributed by atoms with Gasteiger partial charge in [-0.15, -0.1) is 11.3 Å². The first-order valence-corrected chi connectivity index (χ1v) is 24.2. The molecule has 0 aromatic carbocycles. The Morgan fingerprint density at radius 2 is 1.74 bits per heavy atom. The van der Waals surface area contributed by atoms with Crippen molar-refractivity contribution < 1.29 is 43.0 Å². The summed E-state index contributed by atoms with van der Waals surface area (Å²) in [4.78, 5) is 80.4. The van der Waals surface area contributed by atoms with Crippen LogP contribution in [0.4, 0.5) is 4.79 Å². The smallest absolute Gasteiger partial charge is 0.408 e. The first kappa shape index (κ1) is 48.5. The van der Waals surface area contributed by atoms with Gasteiger partial charge in [0.05, 0.1) is 25.3 Å². The van der Waals surface area contributed by atoms with Crippen LogP contribution in [-0.4, -0.2) is 78.1 Å². The molecule has 3 N–H and O–H groups in total. The van der Waals surface area contributed by atoms with E-state index in [0.29, 0.717) is 23.6 Å². The van der Waals surface area contributed by atoms with Crippen molar-refractivity contribution >= 4 is 66.1 Å². The molecule has 0 radical (unpaired) electrons. The Balaban J connectivity index is 2.84. The van der Waals surface area contributed by atoms with E-state index in [2.05, 4.69) is 54.1 Å². The van der Waals surface area contributed by atoms with E-state index in [1.54, 1.807) is 46.8 Å². The summed E-state index contributed by atoms with van der Waals surface area (Å²) in [5.41, 5.74) is -0.986. The number of hydrogen-bond acceptors (Lipinski definition) is 12. The normalized spacial score (nSPS) is 12.9. The van der Waals surface area contributed by atoms with Crippen LogP contribution in [0.25, 0.3) is 0 Å². The number of thiazole rings is 1. The van der Waals surface area contributed by atoms with Gasteiger partial charge in [-0.3, -0.25) is 19.2 Å². The van der Waals surface area contributed by atoms with Crippen LogP contribution < -0.4 is 16.0 Å². The fraction of sp³-hybridized carbons (Fsp3) is 0.658. The van der Waals surface area contributed by atoms with Crippen LogP contribution in [0.2, 0.25) is 25.7 Å². The molecule has 0 saturated heterocycles. The minimum atomic E-state index is -1.44. The Labute approximate surface area is 330 Å². The van der Waals surface area contributed by atoms with Gasteiger partial charge in [0, 0.05) is 25.6 Å². The lowest BCUT2D eigenvalue weighted by molar-refractivity contribution is -0.156. The van der Waals surface area contributed by atoms with Gasteiger partial charge in [-0.25, -0.2) is 14.6 Å². The standard InChI is InChI=1S/C38H62N4O9S2Si/c1-11-12-13-14-15-19-32(44)52-21-17-16-18-28(23-31(43)49-20-22-54(8,9)10)50-36(47)33(26(2)3)42-34(45)27(4)40-35(46)29-25-53-30(41-29)24-39-37(48)51-38(5,6)7/h16,18,25-26,28,33H,4,11-15,17,19-24H2,1-3,5-10H3,(H,39,48)(H,40,46)(H,42,45)/t28-,33+/m1/s1. The maximum atomic E-state index is 13.4. The fourth-order valence-corrected chi connectivity index (χ4v) is 6.64. The second kappa shape index (κ2) is 24.8. The number of esters is 2. The van der Waals surface area contributed by atoms with Crippen molar-refractivity contribution in [2.45, 2.75) is 143 Å². The number of hydrogen-bond donors (Lipinski definition) is 3. The monoisotopic (exact) mass is 810 g/mol. The zero-order chi connectivity index (χ0) is 40.9. The predicted molar refractivity (Wildman–Crippen MR) is 217 cm³/mol. The highest BCUT2D eigenvalue weighted by Crippen LogP contribution is 2.16. The Kier molecular flexibility index (Phi) is 22.3. The van der Waals surface area contributed by atoms with Crippen LogP contribution in [0.5, 0.6) is 0 Å². The second-order valence-electron chi connectivity index (χ2n) is 15.4. The van der Waals surface area contributed by atoms with Crippen molar-refractivity contribution in [1.82, 2.24) is 20.9 Å². The molecule has 16 heteroatoms. The number of nitrogens with zero attached hydrogens (tertiary/aromatic N) is 1. The third kappa shape index (κ3) is 22.7. The molecule has 304 valence electrons. The van der Waals surface area contributed by atoms with Gasteiger partial charge in [0.15, 0.2) is 5.12 Å². The number of unbranched alkanes of at least 4 members (excludes halogenated alkanes) is 4. The Morgan fingerprint density at radius 1 is 1.06 bits per heavy atom. The van der Waals surface area contributed by atoms with Crippen molar-refractivity contribution in [2.75, 3.05) is 12.4 Å². The average molecular weight is 811 g/mol. The van der Waals surface area contributed by atoms with Gasteiger partial charge in [-0.1, -0.05) is 90.5 Å².